The van der Waals surface area contributed by atoms with Crippen LogP contribution in [0.5, 0.6) is 0 Å². The normalized spacial score (nSPS) is 40.5. The van der Waals surface area contributed by atoms with E-state index >= 15 is 0 Å². The van der Waals surface area contributed by atoms with Gasteiger partial charge in [-0.1, -0.05) is 0 Å². The van der Waals surface area contributed by atoms with E-state index in [9.17, 15) is 0 Å². The van der Waals surface area contributed by atoms with Gasteiger partial charge in [-0.15, -0.1) is 0 Å². The van der Waals surface area contributed by atoms with Gasteiger partial charge in [-0.3, -0.25) is 4.90 Å². The smallest absolute Gasteiger partial charge is 0.0586 e. The summed E-state index contributed by atoms with van der Waals surface area (Å²) in [6, 6.07) is 1.34. The van der Waals surface area contributed by atoms with E-state index in [1.165, 1.54) is 32.2 Å². The first kappa shape index (κ1) is 6.62. The summed E-state index contributed by atoms with van der Waals surface area (Å²) in [5, 5.41) is 8.97. The van der Waals surface area contributed by atoms with Gasteiger partial charge in [-0.25, -0.2) is 0 Å². The van der Waals surface area contributed by atoms with Crippen molar-refractivity contribution in [1.29, 1.82) is 0 Å². The molecule has 2 heteroatoms. The van der Waals surface area contributed by atoms with Crippen LogP contribution in [-0.4, -0.2) is 35.2 Å². The van der Waals surface area contributed by atoms with Crippen LogP contribution in [0.25, 0.3) is 0 Å². The Bertz CT molecular complexity index is 126. The van der Waals surface area contributed by atoms with E-state index < -0.39 is 0 Å². The highest BCUT2D eigenvalue weighted by atomic mass is 16.3. The van der Waals surface area contributed by atoms with Crippen LogP contribution < -0.4 is 0 Å². The summed E-state index contributed by atoms with van der Waals surface area (Å²) in [7, 11) is 0. The lowest BCUT2D eigenvalue weighted by Crippen LogP contribution is -2.33. The Morgan fingerprint density at radius 1 is 1.30 bits per heavy atom. The molecule has 0 amide bonds. The van der Waals surface area contributed by atoms with Gasteiger partial charge in [0.1, 0.15) is 0 Å². The highest BCUT2D eigenvalue weighted by Crippen LogP contribution is 2.31. The van der Waals surface area contributed by atoms with Gasteiger partial charge in [0.25, 0.3) is 0 Å². The lowest BCUT2D eigenvalue weighted by atomic mass is 10.1. The number of hydrogen-bond donors (Lipinski definition) is 1. The number of aliphatic hydroxyl groups excluding tert-OH is 1. The lowest BCUT2D eigenvalue weighted by Gasteiger charge is -2.21. The molecule has 0 aromatic heterocycles. The van der Waals surface area contributed by atoms with E-state index in [4.69, 9.17) is 5.11 Å². The van der Waals surface area contributed by atoms with Crippen molar-refractivity contribution >= 4 is 0 Å². The van der Waals surface area contributed by atoms with E-state index in [-0.39, 0.29) is 0 Å². The van der Waals surface area contributed by atoms with Gasteiger partial charge in [0.05, 0.1) is 6.61 Å². The van der Waals surface area contributed by atoms with E-state index in [0.29, 0.717) is 12.6 Å². The van der Waals surface area contributed by atoms with Crippen LogP contribution in [-0.2, 0) is 0 Å². The highest BCUT2D eigenvalue weighted by molar-refractivity contribution is 4.91. The standard InChI is InChI=1S/C8H15NO/c10-6-8-4-3-7-2-1-5-9(7)8/h7-8,10H,1-6H2/t7?,8-/m1/s1. The van der Waals surface area contributed by atoms with Gasteiger partial charge in [0.15, 0.2) is 0 Å². The summed E-state index contributed by atoms with van der Waals surface area (Å²) < 4.78 is 0. The van der Waals surface area contributed by atoms with Crippen LogP contribution >= 0.6 is 0 Å². The molecule has 2 fully saturated rings. The fraction of sp³-hybridized carbons (Fsp3) is 1.00. The van der Waals surface area contributed by atoms with Crippen molar-refractivity contribution in [2.24, 2.45) is 0 Å². The Kier molecular flexibility index (Phi) is 1.66. The van der Waals surface area contributed by atoms with E-state index in [1.54, 1.807) is 0 Å². The van der Waals surface area contributed by atoms with E-state index in [1.807, 2.05) is 0 Å². The molecular formula is C8H15NO. The van der Waals surface area contributed by atoms with E-state index in [0.717, 1.165) is 6.04 Å². The monoisotopic (exact) mass is 141 g/mol. The predicted molar refractivity (Wildman–Crippen MR) is 39.8 cm³/mol. The quantitative estimate of drug-likeness (QED) is 0.578. The minimum Gasteiger partial charge on any atom is -0.395 e. The average Bonchev–Trinajstić information content (AvgIpc) is 2.44. The Labute approximate surface area is 61.8 Å². The molecule has 2 rings (SSSR count). The number of rotatable bonds is 1. The second-order valence-electron chi connectivity index (χ2n) is 3.45. The zero-order valence-corrected chi connectivity index (χ0v) is 6.29. The van der Waals surface area contributed by atoms with Crippen LogP contribution in [0.2, 0.25) is 0 Å². The molecule has 0 aromatic carbocycles. The van der Waals surface area contributed by atoms with Crippen molar-refractivity contribution in [2.75, 3.05) is 13.2 Å². The third-order valence-corrected chi connectivity index (χ3v) is 2.94. The second kappa shape index (κ2) is 2.51. The topological polar surface area (TPSA) is 23.5 Å². The van der Waals surface area contributed by atoms with Gasteiger partial charge >= 0.3 is 0 Å². The molecule has 1 unspecified atom stereocenters. The Morgan fingerprint density at radius 3 is 3.00 bits per heavy atom. The van der Waals surface area contributed by atoms with Gasteiger partial charge in [-0.2, -0.15) is 0 Å². The first-order chi connectivity index (χ1) is 4.92. The third-order valence-electron chi connectivity index (χ3n) is 2.94. The van der Waals surface area contributed by atoms with Gasteiger partial charge in [-0.05, 0) is 32.2 Å². The maximum Gasteiger partial charge on any atom is 0.0586 e. The van der Waals surface area contributed by atoms with Crippen LogP contribution in [0.4, 0.5) is 0 Å². The molecule has 2 aliphatic heterocycles. The Balaban J connectivity index is 2.01. The molecule has 2 saturated heterocycles. The summed E-state index contributed by atoms with van der Waals surface area (Å²) in [4.78, 5) is 2.49. The molecule has 2 heterocycles. The van der Waals surface area contributed by atoms with Gasteiger partial charge < -0.3 is 5.11 Å². The number of aliphatic hydroxyl groups is 1. The molecule has 0 spiro atoms. The van der Waals surface area contributed by atoms with Crippen LogP contribution in [0.15, 0.2) is 0 Å². The Hall–Kier alpha value is -0.0800. The van der Waals surface area contributed by atoms with Crippen molar-refractivity contribution in [3.05, 3.63) is 0 Å². The first-order valence-corrected chi connectivity index (χ1v) is 4.28. The minimum absolute atomic E-state index is 0.372. The molecule has 0 aromatic rings. The molecule has 2 nitrogen and oxygen atoms in total. The first-order valence-electron chi connectivity index (χ1n) is 4.28. The SMILES string of the molecule is OC[C@H]1CCC2CCCN21. The molecular weight excluding hydrogens is 126 g/mol. The predicted octanol–water partition coefficient (Wildman–Crippen LogP) is 0.605. The fourth-order valence-corrected chi connectivity index (χ4v) is 2.40. The summed E-state index contributed by atoms with van der Waals surface area (Å²) >= 11 is 0. The van der Waals surface area contributed by atoms with Gasteiger partial charge in [0.2, 0.25) is 0 Å². The van der Waals surface area contributed by atoms with Crippen molar-refractivity contribution in [3.63, 3.8) is 0 Å². The van der Waals surface area contributed by atoms with Crippen molar-refractivity contribution in [1.82, 2.24) is 4.90 Å². The lowest BCUT2D eigenvalue weighted by molar-refractivity contribution is 0.155. The molecule has 58 valence electrons. The maximum atomic E-state index is 8.97. The van der Waals surface area contributed by atoms with Crippen LogP contribution in [0, 0.1) is 0 Å². The average molecular weight is 141 g/mol. The summed E-state index contributed by atoms with van der Waals surface area (Å²) in [6.45, 7) is 1.60. The Morgan fingerprint density at radius 2 is 2.20 bits per heavy atom. The van der Waals surface area contributed by atoms with Crippen molar-refractivity contribution in [2.45, 2.75) is 37.8 Å². The zero-order valence-electron chi connectivity index (χ0n) is 6.29. The fourth-order valence-electron chi connectivity index (χ4n) is 2.40. The van der Waals surface area contributed by atoms with Crippen molar-refractivity contribution < 1.29 is 5.11 Å². The van der Waals surface area contributed by atoms with Crippen molar-refractivity contribution in [3.8, 4) is 0 Å². The molecule has 1 N–H and O–H groups in total. The molecule has 2 aliphatic rings. The molecule has 0 saturated carbocycles. The second-order valence-corrected chi connectivity index (χ2v) is 3.45. The van der Waals surface area contributed by atoms with Gasteiger partial charge in [0, 0.05) is 12.1 Å². The third kappa shape index (κ3) is 0.867. The maximum absolute atomic E-state index is 8.97. The summed E-state index contributed by atoms with van der Waals surface area (Å²) in [5.41, 5.74) is 0. The number of fused-ring (bicyclic) bond motifs is 1. The largest absolute Gasteiger partial charge is 0.395 e. The summed E-state index contributed by atoms with van der Waals surface area (Å²) in [6.07, 6.45) is 5.27. The minimum atomic E-state index is 0.372. The van der Waals surface area contributed by atoms with Crippen LogP contribution in [0.3, 0.4) is 0 Å². The highest BCUT2D eigenvalue weighted by Gasteiger charge is 2.35. The molecule has 0 bridgehead atoms. The van der Waals surface area contributed by atoms with E-state index in [2.05, 4.69) is 4.90 Å². The molecule has 2 atom stereocenters. The molecule has 10 heavy (non-hydrogen) atoms. The molecule has 0 radical (unpaired) electrons. The number of nitrogens with zero attached hydrogens (tertiary/aromatic N) is 1. The number of hydrogen-bond acceptors (Lipinski definition) is 2. The molecule has 0 aliphatic carbocycles. The van der Waals surface area contributed by atoms with Crippen LogP contribution in [0.1, 0.15) is 25.7 Å². The summed E-state index contributed by atoms with van der Waals surface area (Å²) in [5.74, 6) is 0. The zero-order chi connectivity index (χ0) is 6.97.